The minimum absolute atomic E-state index is 0.194. The highest BCUT2D eigenvalue weighted by molar-refractivity contribution is 5.18. The lowest BCUT2D eigenvalue weighted by molar-refractivity contribution is 0.210. The quantitative estimate of drug-likeness (QED) is 0.790. The number of rotatable bonds is 3. The van der Waals surface area contributed by atoms with Crippen LogP contribution in [0.3, 0.4) is 0 Å². The summed E-state index contributed by atoms with van der Waals surface area (Å²) in [7, 11) is 1.57. The molecule has 0 saturated carbocycles. The zero-order chi connectivity index (χ0) is 10.7. The molecule has 0 bridgehead atoms. The van der Waals surface area contributed by atoms with Gasteiger partial charge in [-0.15, -0.1) is 0 Å². The molecule has 1 N–H and O–H groups in total. The van der Waals surface area contributed by atoms with Gasteiger partial charge in [-0.1, -0.05) is 0 Å². The van der Waals surface area contributed by atoms with Gasteiger partial charge in [-0.25, -0.2) is 9.97 Å². The van der Waals surface area contributed by atoms with Gasteiger partial charge >= 0.3 is 0 Å². The molecule has 2 rings (SSSR count). The Labute approximate surface area is 88.8 Å². The van der Waals surface area contributed by atoms with Gasteiger partial charge in [-0.2, -0.15) is 0 Å². The number of ether oxygens (including phenoxy) is 2. The van der Waals surface area contributed by atoms with Crippen molar-refractivity contribution in [3.63, 3.8) is 0 Å². The monoisotopic (exact) mass is 209 g/mol. The van der Waals surface area contributed by atoms with Gasteiger partial charge in [0.2, 0.25) is 11.8 Å². The second kappa shape index (κ2) is 4.44. The first-order valence-corrected chi connectivity index (χ1v) is 5.04. The van der Waals surface area contributed by atoms with E-state index in [-0.39, 0.29) is 6.10 Å². The summed E-state index contributed by atoms with van der Waals surface area (Å²) in [6.45, 7) is 3.01. The molecule has 2 heterocycles. The van der Waals surface area contributed by atoms with E-state index in [0.717, 1.165) is 13.0 Å². The molecule has 0 aliphatic carbocycles. The Hall–Kier alpha value is -1.36. The van der Waals surface area contributed by atoms with Crippen LogP contribution in [0.5, 0.6) is 11.8 Å². The van der Waals surface area contributed by atoms with Crippen LogP contribution in [-0.2, 0) is 0 Å². The fraction of sp³-hybridized carbons (Fsp3) is 0.600. The van der Waals surface area contributed by atoms with E-state index >= 15 is 0 Å². The van der Waals surface area contributed by atoms with Gasteiger partial charge in [0.05, 0.1) is 13.2 Å². The normalized spacial score (nSPS) is 25.2. The second-order valence-electron chi connectivity index (χ2n) is 3.68. The Morgan fingerprint density at radius 2 is 2.20 bits per heavy atom. The standard InChI is InChI=1S/C10H15N3O2/c1-7-3-8(5-11-7)15-10-4-9(14-2)12-6-13-10/h4,6-8,11H,3,5H2,1-2H3. The Kier molecular flexibility index (Phi) is 3.01. The number of hydrogen-bond donors (Lipinski definition) is 1. The molecule has 5 heteroatoms. The van der Waals surface area contributed by atoms with Gasteiger partial charge in [0.1, 0.15) is 12.4 Å². The first-order valence-electron chi connectivity index (χ1n) is 5.04. The van der Waals surface area contributed by atoms with Crippen LogP contribution in [0.2, 0.25) is 0 Å². The molecule has 15 heavy (non-hydrogen) atoms. The van der Waals surface area contributed by atoms with Crippen molar-refractivity contribution in [1.82, 2.24) is 15.3 Å². The van der Waals surface area contributed by atoms with Crippen LogP contribution in [0.4, 0.5) is 0 Å². The lowest BCUT2D eigenvalue weighted by Crippen LogP contribution is -2.21. The van der Waals surface area contributed by atoms with Crippen LogP contribution in [0.25, 0.3) is 0 Å². The van der Waals surface area contributed by atoms with E-state index in [1.165, 1.54) is 6.33 Å². The van der Waals surface area contributed by atoms with Gasteiger partial charge in [0.25, 0.3) is 0 Å². The predicted molar refractivity (Wildman–Crippen MR) is 55.1 cm³/mol. The van der Waals surface area contributed by atoms with Crippen molar-refractivity contribution < 1.29 is 9.47 Å². The highest BCUT2D eigenvalue weighted by atomic mass is 16.5. The third-order valence-electron chi connectivity index (χ3n) is 2.42. The molecule has 1 fully saturated rings. The van der Waals surface area contributed by atoms with Crippen LogP contribution >= 0.6 is 0 Å². The average molecular weight is 209 g/mol. The van der Waals surface area contributed by atoms with Crippen molar-refractivity contribution in [2.75, 3.05) is 13.7 Å². The summed E-state index contributed by atoms with van der Waals surface area (Å²) in [6, 6.07) is 2.21. The third-order valence-corrected chi connectivity index (χ3v) is 2.42. The minimum Gasteiger partial charge on any atom is -0.481 e. The smallest absolute Gasteiger partial charge is 0.220 e. The molecule has 0 amide bonds. The lowest BCUT2D eigenvalue weighted by Gasteiger charge is -2.11. The molecule has 1 aliphatic heterocycles. The molecule has 82 valence electrons. The Morgan fingerprint density at radius 3 is 2.87 bits per heavy atom. The maximum absolute atomic E-state index is 5.69. The number of methoxy groups -OCH3 is 1. The van der Waals surface area contributed by atoms with Crippen molar-refractivity contribution in [3.05, 3.63) is 12.4 Å². The van der Waals surface area contributed by atoms with Gasteiger partial charge < -0.3 is 14.8 Å². The van der Waals surface area contributed by atoms with Crippen molar-refractivity contribution in [2.24, 2.45) is 0 Å². The van der Waals surface area contributed by atoms with Crippen LogP contribution in [-0.4, -0.2) is 35.8 Å². The first-order chi connectivity index (χ1) is 7.28. The van der Waals surface area contributed by atoms with E-state index < -0.39 is 0 Å². The fourth-order valence-corrected chi connectivity index (χ4v) is 1.65. The molecular weight excluding hydrogens is 194 g/mol. The van der Waals surface area contributed by atoms with E-state index in [2.05, 4.69) is 22.2 Å². The summed E-state index contributed by atoms with van der Waals surface area (Å²) >= 11 is 0. The molecular formula is C10H15N3O2. The number of aromatic nitrogens is 2. The third kappa shape index (κ3) is 2.56. The summed E-state index contributed by atoms with van der Waals surface area (Å²) in [5.41, 5.74) is 0. The zero-order valence-electron chi connectivity index (χ0n) is 8.93. The lowest BCUT2D eigenvalue weighted by atomic mass is 10.2. The number of hydrogen-bond acceptors (Lipinski definition) is 5. The summed E-state index contributed by atoms with van der Waals surface area (Å²) < 4.78 is 10.7. The Bertz CT molecular complexity index is 332. The van der Waals surface area contributed by atoms with Crippen molar-refractivity contribution >= 4 is 0 Å². The van der Waals surface area contributed by atoms with E-state index in [0.29, 0.717) is 17.8 Å². The molecule has 0 spiro atoms. The van der Waals surface area contributed by atoms with Gasteiger partial charge in [-0.05, 0) is 6.92 Å². The molecule has 0 radical (unpaired) electrons. The fourth-order valence-electron chi connectivity index (χ4n) is 1.65. The van der Waals surface area contributed by atoms with Crippen molar-refractivity contribution in [2.45, 2.75) is 25.5 Å². The number of nitrogens with one attached hydrogen (secondary N) is 1. The summed E-state index contributed by atoms with van der Waals surface area (Å²) in [4.78, 5) is 7.95. The Morgan fingerprint density at radius 1 is 1.40 bits per heavy atom. The van der Waals surface area contributed by atoms with E-state index in [1.807, 2.05) is 0 Å². The van der Waals surface area contributed by atoms with Crippen LogP contribution < -0.4 is 14.8 Å². The number of nitrogens with zero attached hydrogens (tertiary/aromatic N) is 2. The first kappa shape index (κ1) is 10.2. The summed E-state index contributed by atoms with van der Waals surface area (Å²) in [5, 5.41) is 3.32. The van der Waals surface area contributed by atoms with Gasteiger partial charge in [0, 0.05) is 19.0 Å². The largest absolute Gasteiger partial charge is 0.481 e. The summed E-state index contributed by atoms with van der Waals surface area (Å²) in [5.74, 6) is 1.10. The maximum atomic E-state index is 5.69. The molecule has 1 saturated heterocycles. The van der Waals surface area contributed by atoms with Crippen LogP contribution in [0, 0.1) is 0 Å². The SMILES string of the molecule is COc1cc(OC2CNC(C)C2)ncn1. The predicted octanol–water partition coefficient (Wildman–Crippen LogP) is 0.614. The van der Waals surface area contributed by atoms with Gasteiger partial charge in [-0.3, -0.25) is 0 Å². The topological polar surface area (TPSA) is 56.3 Å². The van der Waals surface area contributed by atoms with Crippen LogP contribution in [0.1, 0.15) is 13.3 Å². The molecule has 1 aliphatic rings. The second-order valence-corrected chi connectivity index (χ2v) is 3.68. The molecule has 1 aromatic heterocycles. The highest BCUT2D eigenvalue weighted by Crippen LogP contribution is 2.17. The maximum Gasteiger partial charge on any atom is 0.220 e. The molecule has 2 atom stereocenters. The molecule has 1 aromatic rings. The molecule has 5 nitrogen and oxygen atoms in total. The minimum atomic E-state index is 0.194. The summed E-state index contributed by atoms with van der Waals surface area (Å²) in [6.07, 6.45) is 2.64. The molecule has 2 unspecified atom stereocenters. The van der Waals surface area contributed by atoms with E-state index in [4.69, 9.17) is 9.47 Å². The highest BCUT2D eigenvalue weighted by Gasteiger charge is 2.22. The average Bonchev–Trinajstić information content (AvgIpc) is 2.64. The van der Waals surface area contributed by atoms with Gasteiger partial charge in [0.15, 0.2) is 0 Å². The van der Waals surface area contributed by atoms with E-state index in [9.17, 15) is 0 Å². The zero-order valence-corrected chi connectivity index (χ0v) is 8.93. The Balaban J connectivity index is 1.98. The van der Waals surface area contributed by atoms with Crippen molar-refractivity contribution in [3.8, 4) is 11.8 Å². The van der Waals surface area contributed by atoms with E-state index in [1.54, 1.807) is 13.2 Å². The van der Waals surface area contributed by atoms with Crippen molar-refractivity contribution in [1.29, 1.82) is 0 Å². The molecule has 0 aromatic carbocycles. The van der Waals surface area contributed by atoms with Crippen LogP contribution in [0.15, 0.2) is 12.4 Å².